The van der Waals surface area contributed by atoms with Crippen molar-refractivity contribution in [1.82, 2.24) is 10.4 Å². The number of nitrogens with one attached hydrogen (secondary N) is 2. The van der Waals surface area contributed by atoms with Gasteiger partial charge in [0, 0.05) is 6.21 Å². The molecule has 2 N–H and O–H groups in total. The van der Waals surface area contributed by atoms with E-state index in [1.165, 1.54) is 0 Å². The lowest BCUT2D eigenvalue weighted by molar-refractivity contribution is 0.0951. The molecular formula is C12H15N3OS. The van der Waals surface area contributed by atoms with Gasteiger partial charge in [0.25, 0.3) is 5.91 Å². The third-order valence-electron chi connectivity index (χ3n) is 2.32. The van der Waals surface area contributed by atoms with Crippen molar-refractivity contribution in [2.75, 3.05) is 0 Å². The zero-order valence-corrected chi connectivity index (χ0v) is 10.7. The highest BCUT2D eigenvalue weighted by Gasteiger charge is 2.08. The second-order valence-electron chi connectivity index (χ2n) is 4.26. The Morgan fingerprint density at radius 1 is 1.65 bits per heavy atom. The van der Waals surface area contributed by atoms with Crippen LogP contribution in [0, 0.1) is 5.92 Å². The van der Waals surface area contributed by atoms with Crippen LogP contribution in [0.2, 0.25) is 0 Å². The Balaban J connectivity index is 1.96. The Morgan fingerprint density at radius 3 is 3.18 bits per heavy atom. The quantitative estimate of drug-likeness (QED) is 0.635. The first-order valence-corrected chi connectivity index (χ1v) is 6.43. The fourth-order valence-electron chi connectivity index (χ4n) is 1.40. The van der Waals surface area contributed by atoms with Crippen molar-refractivity contribution in [3.05, 3.63) is 23.2 Å². The van der Waals surface area contributed by atoms with Crippen molar-refractivity contribution in [2.45, 2.75) is 20.3 Å². The van der Waals surface area contributed by atoms with Crippen LogP contribution in [0.1, 0.15) is 30.8 Å². The van der Waals surface area contributed by atoms with E-state index in [0.717, 1.165) is 16.6 Å². The lowest BCUT2D eigenvalue weighted by Gasteiger charge is -1.98. The van der Waals surface area contributed by atoms with E-state index in [9.17, 15) is 4.79 Å². The summed E-state index contributed by atoms with van der Waals surface area (Å²) in [5, 5.41) is 5.89. The number of amides is 1. The molecule has 2 heterocycles. The van der Waals surface area contributed by atoms with Gasteiger partial charge in [0.1, 0.15) is 5.69 Å². The second-order valence-corrected chi connectivity index (χ2v) is 5.21. The Kier molecular flexibility index (Phi) is 3.58. The van der Waals surface area contributed by atoms with Crippen LogP contribution in [0.3, 0.4) is 0 Å². The summed E-state index contributed by atoms with van der Waals surface area (Å²) >= 11 is 1.61. The molecule has 90 valence electrons. The first-order valence-electron chi connectivity index (χ1n) is 5.55. The van der Waals surface area contributed by atoms with Gasteiger partial charge in [-0.15, -0.1) is 11.3 Å². The van der Waals surface area contributed by atoms with Crippen LogP contribution in [-0.4, -0.2) is 17.1 Å². The van der Waals surface area contributed by atoms with Crippen LogP contribution in [-0.2, 0) is 0 Å². The van der Waals surface area contributed by atoms with E-state index in [2.05, 4.69) is 29.4 Å². The third kappa shape index (κ3) is 2.94. The van der Waals surface area contributed by atoms with Crippen molar-refractivity contribution >= 4 is 33.7 Å². The molecule has 2 aromatic heterocycles. The molecule has 0 aromatic carbocycles. The number of H-pyrrole nitrogens is 1. The van der Waals surface area contributed by atoms with Gasteiger partial charge in [0.2, 0.25) is 0 Å². The van der Waals surface area contributed by atoms with Crippen molar-refractivity contribution in [3.63, 3.8) is 0 Å². The van der Waals surface area contributed by atoms with Crippen LogP contribution in [0.25, 0.3) is 10.2 Å². The second kappa shape index (κ2) is 5.14. The average Bonchev–Trinajstić information content (AvgIpc) is 2.83. The van der Waals surface area contributed by atoms with E-state index in [1.54, 1.807) is 17.6 Å². The van der Waals surface area contributed by atoms with Crippen LogP contribution in [0.5, 0.6) is 0 Å². The van der Waals surface area contributed by atoms with Crippen LogP contribution >= 0.6 is 11.3 Å². The Hall–Kier alpha value is -1.62. The van der Waals surface area contributed by atoms with E-state index in [4.69, 9.17) is 0 Å². The molecule has 0 saturated carbocycles. The van der Waals surface area contributed by atoms with Gasteiger partial charge in [-0.1, -0.05) is 13.8 Å². The molecule has 0 spiro atoms. The number of hydrogen-bond donors (Lipinski definition) is 2. The predicted molar refractivity (Wildman–Crippen MR) is 71.6 cm³/mol. The Bertz CT molecular complexity index is 510. The smallest absolute Gasteiger partial charge is 0.287 e. The summed E-state index contributed by atoms with van der Waals surface area (Å²) in [5.41, 5.74) is 4.05. The number of carbonyl (C=O) groups excluding carboxylic acids is 1. The molecule has 0 aliphatic rings. The minimum Gasteiger partial charge on any atom is -0.350 e. The minimum atomic E-state index is -0.201. The van der Waals surface area contributed by atoms with E-state index >= 15 is 0 Å². The Labute approximate surface area is 104 Å². The van der Waals surface area contributed by atoms with E-state index in [0.29, 0.717) is 11.6 Å². The highest BCUT2D eigenvalue weighted by atomic mass is 32.1. The lowest BCUT2D eigenvalue weighted by Crippen LogP contribution is -2.17. The van der Waals surface area contributed by atoms with Gasteiger partial charge in [0.05, 0.1) is 10.2 Å². The van der Waals surface area contributed by atoms with Crippen molar-refractivity contribution in [1.29, 1.82) is 0 Å². The van der Waals surface area contributed by atoms with Gasteiger partial charge in [-0.05, 0) is 29.9 Å². The lowest BCUT2D eigenvalue weighted by atomic mass is 10.2. The number of thiophene rings is 1. The maximum absolute atomic E-state index is 11.7. The van der Waals surface area contributed by atoms with Crippen LogP contribution in [0.15, 0.2) is 22.6 Å². The number of nitrogens with zero attached hydrogens (tertiary/aromatic N) is 1. The number of rotatable bonds is 4. The number of hydrazone groups is 1. The summed E-state index contributed by atoms with van der Waals surface area (Å²) < 4.78 is 1.08. The molecular weight excluding hydrogens is 234 g/mol. The van der Waals surface area contributed by atoms with Gasteiger partial charge in [-0.3, -0.25) is 4.79 Å². The molecule has 17 heavy (non-hydrogen) atoms. The third-order valence-corrected chi connectivity index (χ3v) is 3.18. The van der Waals surface area contributed by atoms with Gasteiger partial charge in [-0.2, -0.15) is 5.10 Å². The van der Waals surface area contributed by atoms with Gasteiger partial charge >= 0.3 is 0 Å². The van der Waals surface area contributed by atoms with Crippen LogP contribution < -0.4 is 5.43 Å². The number of fused-ring (bicyclic) bond motifs is 1. The van der Waals surface area contributed by atoms with Gasteiger partial charge in [-0.25, -0.2) is 5.43 Å². The first kappa shape index (κ1) is 11.9. The summed E-state index contributed by atoms with van der Waals surface area (Å²) in [6.07, 6.45) is 2.59. The molecule has 0 aliphatic heterocycles. The fourth-order valence-corrected chi connectivity index (χ4v) is 2.18. The normalized spacial score (nSPS) is 11.7. The highest BCUT2D eigenvalue weighted by Crippen LogP contribution is 2.20. The molecule has 0 saturated heterocycles. The standard InChI is InChI=1S/C12H15N3OS/c1-8(2)3-5-13-15-12(16)10-7-11-9(14-10)4-6-17-11/h4-8,14H,3H2,1-2H3,(H,15,16)/b13-5+. The summed E-state index contributed by atoms with van der Waals surface area (Å²) in [7, 11) is 0. The maximum Gasteiger partial charge on any atom is 0.287 e. The van der Waals surface area contributed by atoms with E-state index in [-0.39, 0.29) is 5.91 Å². The molecule has 4 nitrogen and oxygen atoms in total. The largest absolute Gasteiger partial charge is 0.350 e. The number of aromatic nitrogens is 1. The topological polar surface area (TPSA) is 57.2 Å². The molecule has 5 heteroatoms. The van der Waals surface area contributed by atoms with Gasteiger partial charge < -0.3 is 4.98 Å². The SMILES string of the molecule is CC(C)C/C=N/NC(=O)c1cc2sccc2[nH]1. The molecule has 0 bridgehead atoms. The van der Waals surface area contributed by atoms with E-state index < -0.39 is 0 Å². The number of aromatic amines is 1. The molecule has 0 unspecified atom stereocenters. The van der Waals surface area contributed by atoms with Crippen molar-refractivity contribution in [3.8, 4) is 0 Å². The number of carbonyl (C=O) groups is 1. The van der Waals surface area contributed by atoms with Crippen molar-refractivity contribution < 1.29 is 4.79 Å². The highest BCUT2D eigenvalue weighted by molar-refractivity contribution is 7.17. The average molecular weight is 249 g/mol. The van der Waals surface area contributed by atoms with Crippen molar-refractivity contribution in [2.24, 2.45) is 11.0 Å². The fraction of sp³-hybridized carbons (Fsp3) is 0.333. The first-order chi connectivity index (χ1) is 8.16. The zero-order valence-electron chi connectivity index (χ0n) is 9.86. The number of hydrogen-bond acceptors (Lipinski definition) is 3. The molecule has 0 atom stereocenters. The summed E-state index contributed by atoms with van der Waals surface area (Å²) in [6, 6.07) is 3.80. The molecule has 2 aromatic rings. The Morgan fingerprint density at radius 2 is 2.47 bits per heavy atom. The minimum absolute atomic E-state index is 0.201. The van der Waals surface area contributed by atoms with Gasteiger partial charge in [0.15, 0.2) is 0 Å². The van der Waals surface area contributed by atoms with E-state index in [1.807, 2.05) is 17.5 Å². The summed E-state index contributed by atoms with van der Waals surface area (Å²) in [6.45, 7) is 4.21. The molecule has 2 rings (SSSR count). The summed E-state index contributed by atoms with van der Waals surface area (Å²) in [5.74, 6) is 0.347. The molecule has 1 amide bonds. The van der Waals surface area contributed by atoms with Crippen LogP contribution in [0.4, 0.5) is 0 Å². The monoisotopic (exact) mass is 249 g/mol. The molecule has 0 radical (unpaired) electrons. The molecule has 0 fully saturated rings. The molecule has 0 aliphatic carbocycles. The summed E-state index contributed by atoms with van der Waals surface area (Å²) in [4.78, 5) is 14.8. The maximum atomic E-state index is 11.7. The predicted octanol–water partition coefficient (Wildman–Crippen LogP) is 2.99. The zero-order chi connectivity index (χ0) is 12.3.